The molecule has 24 heavy (non-hydrogen) atoms. The molecule has 2 aromatic carbocycles. The van der Waals surface area contributed by atoms with Gasteiger partial charge in [0.1, 0.15) is 5.75 Å². The van der Waals surface area contributed by atoms with Crippen molar-refractivity contribution in [3.63, 3.8) is 0 Å². The van der Waals surface area contributed by atoms with Crippen LogP contribution in [0.25, 0.3) is 0 Å². The van der Waals surface area contributed by atoms with Gasteiger partial charge in [-0.05, 0) is 36.5 Å². The maximum absolute atomic E-state index is 6.26. The predicted octanol–water partition coefficient (Wildman–Crippen LogP) is 5.09. The summed E-state index contributed by atoms with van der Waals surface area (Å²) in [5.41, 5.74) is 1.54. The van der Waals surface area contributed by atoms with Gasteiger partial charge < -0.3 is 4.74 Å². The lowest BCUT2D eigenvalue weighted by molar-refractivity contribution is 0.367. The van der Waals surface area contributed by atoms with E-state index in [0.29, 0.717) is 15.8 Å². The lowest BCUT2D eigenvalue weighted by Crippen LogP contribution is -2.22. The average molecular weight is 379 g/mol. The van der Waals surface area contributed by atoms with Gasteiger partial charge in [0.15, 0.2) is 6.17 Å². The van der Waals surface area contributed by atoms with Crippen molar-refractivity contribution in [2.45, 2.75) is 6.17 Å². The lowest BCUT2D eigenvalue weighted by atomic mass is 10.2. The Balaban J connectivity index is 1.91. The fourth-order valence-electron chi connectivity index (χ4n) is 2.22. The lowest BCUT2D eigenvalue weighted by Gasteiger charge is -2.18. The number of thiocarbonyl (C=S) groups is 1. The van der Waals surface area contributed by atoms with Crippen molar-refractivity contribution in [2.24, 2.45) is 15.3 Å². The highest BCUT2D eigenvalue weighted by Crippen LogP contribution is 2.34. The van der Waals surface area contributed by atoms with Crippen molar-refractivity contribution in [1.82, 2.24) is 5.01 Å². The Morgan fingerprint density at radius 1 is 1.25 bits per heavy atom. The highest BCUT2D eigenvalue weighted by atomic mass is 35.5. The van der Waals surface area contributed by atoms with Crippen molar-refractivity contribution < 1.29 is 4.74 Å². The first-order valence-corrected chi connectivity index (χ1v) is 8.12. The van der Waals surface area contributed by atoms with Crippen molar-refractivity contribution in [2.75, 3.05) is 7.11 Å². The van der Waals surface area contributed by atoms with E-state index in [1.165, 1.54) is 5.01 Å². The van der Waals surface area contributed by atoms with Gasteiger partial charge in [-0.15, -0.1) is 5.11 Å². The largest absolute Gasteiger partial charge is 0.496 e. The van der Waals surface area contributed by atoms with E-state index in [9.17, 15) is 0 Å². The highest BCUT2D eigenvalue weighted by Gasteiger charge is 2.29. The van der Waals surface area contributed by atoms with Gasteiger partial charge in [0, 0.05) is 21.2 Å². The SMILES string of the molecule is COc1ccccc1C=NN1C(=S)N=NC1c1ccc(Cl)cc1Cl. The van der Waals surface area contributed by atoms with Gasteiger partial charge in [-0.1, -0.05) is 41.4 Å². The van der Waals surface area contributed by atoms with Crippen molar-refractivity contribution in [1.29, 1.82) is 0 Å². The van der Waals surface area contributed by atoms with Crippen LogP contribution in [-0.2, 0) is 0 Å². The number of rotatable bonds is 4. The van der Waals surface area contributed by atoms with Crippen LogP contribution in [0.2, 0.25) is 10.0 Å². The van der Waals surface area contributed by atoms with Crippen LogP contribution in [0, 0.1) is 0 Å². The Hall–Kier alpha value is -2.02. The van der Waals surface area contributed by atoms with Crippen LogP contribution in [0.5, 0.6) is 5.75 Å². The zero-order chi connectivity index (χ0) is 17.1. The zero-order valence-corrected chi connectivity index (χ0v) is 14.9. The Morgan fingerprint density at radius 2 is 2.04 bits per heavy atom. The Kier molecular flexibility index (Phi) is 5.08. The Labute approximate surface area is 154 Å². The monoisotopic (exact) mass is 378 g/mol. The number of azo groups is 1. The van der Waals surface area contributed by atoms with Crippen molar-refractivity contribution in [3.05, 3.63) is 63.6 Å². The molecular weight excluding hydrogens is 367 g/mol. The summed E-state index contributed by atoms with van der Waals surface area (Å²) < 4.78 is 5.31. The van der Waals surface area contributed by atoms with Crippen molar-refractivity contribution >= 4 is 46.7 Å². The number of hydrogen-bond acceptors (Lipinski definition) is 4. The Bertz CT molecular complexity index is 841. The molecule has 0 saturated heterocycles. The van der Waals surface area contributed by atoms with E-state index < -0.39 is 6.17 Å². The summed E-state index contributed by atoms with van der Waals surface area (Å²) in [5.74, 6) is 0.710. The van der Waals surface area contributed by atoms with Gasteiger partial charge in [0.05, 0.1) is 13.3 Å². The fourth-order valence-corrected chi connectivity index (χ4v) is 2.92. The van der Waals surface area contributed by atoms with Crippen LogP contribution < -0.4 is 4.74 Å². The third-order valence-corrected chi connectivity index (χ3v) is 4.21. The minimum absolute atomic E-state index is 0.261. The maximum Gasteiger partial charge on any atom is 0.238 e. The quantitative estimate of drug-likeness (QED) is 0.549. The molecule has 0 N–H and O–H groups in total. The Morgan fingerprint density at radius 3 is 2.79 bits per heavy atom. The zero-order valence-electron chi connectivity index (χ0n) is 12.6. The van der Waals surface area contributed by atoms with Crippen LogP contribution in [0.15, 0.2) is 57.8 Å². The molecule has 2 aromatic rings. The summed E-state index contributed by atoms with van der Waals surface area (Å²) in [6.45, 7) is 0. The van der Waals surface area contributed by atoms with Gasteiger partial charge in [0.25, 0.3) is 0 Å². The van der Waals surface area contributed by atoms with Crippen molar-refractivity contribution in [3.8, 4) is 5.75 Å². The van der Waals surface area contributed by atoms with E-state index in [-0.39, 0.29) is 5.11 Å². The molecule has 122 valence electrons. The van der Waals surface area contributed by atoms with E-state index in [2.05, 4.69) is 15.3 Å². The number of methoxy groups -OCH3 is 1. The van der Waals surface area contributed by atoms with Crippen LogP contribution in [0.1, 0.15) is 17.3 Å². The molecule has 1 unspecified atom stereocenters. The molecule has 0 fully saturated rings. The van der Waals surface area contributed by atoms with Crippen LogP contribution in [0.4, 0.5) is 0 Å². The van der Waals surface area contributed by atoms with Gasteiger partial charge in [0.2, 0.25) is 5.11 Å². The molecule has 1 atom stereocenters. The topological polar surface area (TPSA) is 49.5 Å². The first-order chi connectivity index (χ1) is 11.6. The number of ether oxygens (including phenoxy) is 1. The molecule has 0 bridgehead atoms. The van der Waals surface area contributed by atoms with Gasteiger partial charge in [-0.3, -0.25) is 0 Å². The summed E-state index contributed by atoms with van der Waals surface area (Å²) in [6, 6.07) is 12.7. The summed E-state index contributed by atoms with van der Waals surface area (Å²) in [4.78, 5) is 0. The average Bonchev–Trinajstić information content (AvgIpc) is 2.94. The van der Waals surface area contributed by atoms with E-state index in [0.717, 1.165) is 11.1 Å². The second-order valence-corrected chi connectivity index (χ2v) is 6.08. The number of halogens is 2. The summed E-state index contributed by atoms with van der Waals surface area (Å²) in [5, 5.41) is 15.3. The summed E-state index contributed by atoms with van der Waals surface area (Å²) in [6.07, 6.45) is 1.13. The highest BCUT2D eigenvalue weighted by molar-refractivity contribution is 7.80. The molecule has 1 heterocycles. The fraction of sp³-hybridized carbons (Fsp3) is 0.125. The summed E-state index contributed by atoms with van der Waals surface area (Å²) in [7, 11) is 1.61. The molecule has 0 aromatic heterocycles. The predicted molar refractivity (Wildman–Crippen MR) is 99.1 cm³/mol. The first-order valence-electron chi connectivity index (χ1n) is 6.96. The molecule has 1 aliphatic heterocycles. The molecule has 3 rings (SSSR count). The van der Waals surface area contributed by atoms with Crippen LogP contribution in [0.3, 0.4) is 0 Å². The first kappa shape index (κ1) is 16.8. The molecule has 0 aliphatic carbocycles. The minimum atomic E-state index is -0.520. The normalized spacial score (nSPS) is 17.0. The second kappa shape index (κ2) is 7.25. The van der Waals surface area contributed by atoms with Crippen LogP contribution >= 0.6 is 35.4 Å². The van der Waals surface area contributed by atoms with E-state index >= 15 is 0 Å². The van der Waals surface area contributed by atoms with Gasteiger partial charge >= 0.3 is 0 Å². The molecule has 5 nitrogen and oxygen atoms in total. The van der Waals surface area contributed by atoms with Gasteiger partial charge in [-0.2, -0.15) is 10.2 Å². The number of hydrogen-bond donors (Lipinski definition) is 0. The number of hydrazone groups is 1. The number of benzene rings is 2. The van der Waals surface area contributed by atoms with E-state index in [4.69, 9.17) is 40.2 Å². The number of nitrogens with zero attached hydrogens (tertiary/aromatic N) is 4. The molecule has 0 radical (unpaired) electrons. The number of para-hydroxylation sites is 1. The third-order valence-electron chi connectivity index (χ3n) is 3.38. The molecule has 1 aliphatic rings. The summed E-state index contributed by atoms with van der Waals surface area (Å²) >= 11 is 17.4. The molecular formula is C16H12Cl2N4OS. The molecule has 0 amide bonds. The minimum Gasteiger partial charge on any atom is -0.496 e. The molecule has 0 spiro atoms. The molecule has 0 saturated carbocycles. The van der Waals surface area contributed by atoms with E-state index in [1.54, 1.807) is 31.5 Å². The second-order valence-electron chi connectivity index (χ2n) is 4.87. The standard InChI is InChI=1S/C16H12Cl2N4OS/c1-23-14-5-3-2-4-10(14)9-19-22-15(20-21-16(22)24)12-7-6-11(17)8-13(12)18/h2-9,15H,1H3. The maximum atomic E-state index is 6.26. The molecule has 8 heteroatoms. The third kappa shape index (κ3) is 3.40. The van der Waals surface area contributed by atoms with Gasteiger partial charge in [-0.25, -0.2) is 5.01 Å². The smallest absolute Gasteiger partial charge is 0.238 e. The van der Waals surface area contributed by atoms with E-state index in [1.807, 2.05) is 24.3 Å². The van der Waals surface area contributed by atoms with Crippen LogP contribution in [-0.4, -0.2) is 23.4 Å².